The van der Waals surface area contributed by atoms with E-state index in [1.165, 1.54) is 30.3 Å². The molecule has 2 aromatic rings. The topological polar surface area (TPSA) is 145 Å². The summed E-state index contributed by atoms with van der Waals surface area (Å²) in [4.78, 5) is 23.8. The molecule has 0 bridgehead atoms. The van der Waals surface area contributed by atoms with Crippen molar-refractivity contribution in [3.8, 4) is 17.2 Å². The van der Waals surface area contributed by atoms with E-state index in [0.29, 0.717) is 0 Å². The van der Waals surface area contributed by atoms with Gasteiger partial charge in [0.15, 0.2) is 23.0 Å². The van der Waals surface area contributed by atoms with Crippen molar-refractivity contribution in [2.24, 2.45) is 0 Å². The number of phenols is 3. The Morgan fingerprint density at radius 3 is 2.12 bits per heavy atom. The maximum absolute atomic E-state index is 12.1. The number of aliphatic carboxylic acids is 1. The third-order valence-corrected chi connectivity index (χ3v) is 3.71. The van der Waals surface area contributed by atoms with E-state index in [9.17, 15) is 35.1 Å². The molecule has 0 unspecified atom stereocenters. The van der Waals surface area contributed by atoms with Gasteiger partial charge in [0.25, 0.3) is 0 Å². The second-order valence-electron chi connectivity index (χ2n) is 5.37. The molecule has 8 nitrogen and oxygen atoms in total. The Bertz CT molecular complexity index is 983. The number of cyclic esters (lactones) is 1. The monoisotopic (exact) mass is 356 g/mol. The molecule has 0 fully saturated rings. The Balaban J connectivity index is 2.21. The molecule has 2 aromatic carbocycles. The van der Waals surface area contributed by atoms with Gasteiger partial charge in [-0.2, -0.15) is 0 Å². The van der Waals surface area contributed by atoms with Crippen LogP contribution in [0.1, 0.15) is 11.1 Å². The summed E-state index contributed by atoms with van der Waals surface area (Å²) >= 11 is 0. The van der Waals surface area contributed by atoms with Gasteiger partial charge in [-0.05, 0) is 35.4 Å². The molecule has 132 valence electrons. The van der Waals surface area contributed by atoms with Crippen LogP contribution in [0.15, 0.2) is 54.0 Å². The van der Waals surface area contributed by atoms with Gasteiger partial charge in [-0.15, -0.1) is 0 Å². The first-order valence-corrected chi connectivity index (χ1v) is 7.24. The summed E-state index contributed by atoms with van der Waals surface area (Å²) < 4.78 is 4.95. The zero-order valence-electron chi connectivity index (χ0n) is 13.0. The number of aliphatic hydroxyl groups is 1. The molecule has 0 radical (unpaired) electrons. The predicted octanol–water partition coefficient (Wildman–Crippen LogP) is 2.13. The molecule has 5 N–H and O–H groups in total. The lowest BCUT2D eigenvalue weighted by Gasteiger charge is -2.08. The van der Waals surface area contributed by atoms with Crippen molar-refractivity contribution >= 4 is 23.1 Å². The average molecular weight is 356 g/mol. The number of phenolic OH excluding ortho intramolecular Hbond substituents is 3. The van der Waals surface area contributed by atoms with Crippen LogP contribution in [0.5, 0.6) is 17.2 Å². The van der Waals surface area contributed by atoms with Crippen LogP contribution in [0, 0.1) is 0 Å². The van der Waals surface area contributed by atoms with E-state index in [0.717, 1.165) is 12.1 Å². The Labute approximate surface area is 146 Å². The van der Waals surface area contributed by atoms with Gasteiger partial charge in [0.05, 0.1) is 0 Å². The van der Waals surface area contributed by atoms with Crippen molar-refractivity contribution in [2.45, 2.75) is 0 Å². The standard InChI is InChI=1S/C18H12O8/c19-10-4-1-8(2-5-10)13-15(22)16(26-18(13)25)14(17(23)24)9-3-6-11(20)12(21)7-9/h1-7,19-22H,(H,23,24). The van der Waals surface area contributed by atoms with Crippen molar-refractivity contribution in [2.75, 3.05) is 0 Å². The Morgan fingerprint density at radius 2 is 1.54 bits per heavy atom. The summed E-state index contributed by atoms with van der Waals surface area (Å²) in [6.07, 6.45) is 0. The number of carbonyl (C=O) groups is 2. The molecule has 1 aliphatic heterocycles. The second kappa shape index (κ2) is 6.17. The van der Waals surface area contributed by atoms with Crippen LogP contribution in [-0.2, 0) is 14.3 Å². The van der Waals surface area contributed by atoms with Crippen LogP contribution in [0.25, 0.3) is 11.1 Å². The molecule has 0 saturated carbocycles. The minimum atomic E-state index is -1.52. The van der Waals surface area contributed by atoms with Gasteiger partial charge in [0.1, 0.15) is 16.9 Å². The van der Waals surface area contributed by atoms with Gasteiger partial charge in [0.2, 0.25) is 0 Å². The van der Waals surface area contributed by atoms with E-state index in [1.807, 2.05) is 0 Å². The van der Waals surface area contributed by atoms with Gasteiger partial charge in [-0.25, -0.2) is 9.59 Å². The highest BCUT2D eigenvalue weighted by atomic mass is 16.6. The molecule has 0 amide bonds. The quantitative estimate of drug-likeness (QED) is 0.319. The van der Waals surface area contributed by atoms with Crippen LogP contribution in [0.2, 0.25) is 0 Å². The molecular formula is C18H12O8. The van der Waals surface area contributed by atoms with Crippen molar-refractivity contribution < 1.29 is 39.9 Å². The molecule has 3 rings (SSSR count). The fraction of sp³-hybridized carbons (Fsp3) is 0. The number of aromatic hydroxyl groups is 3. The fourth-order valence-electron chi connectivity index (χ4n) is 2.49. The number of benzene rings is 2. The summed E-state index contributed by atoms with van der Waals surface area (Å²) in [5, 5.41) is 48.1. The van der Waals surface area contributed by atoms with Crippen LogP contribution in [0.4, 0.5) is 0 Å². The summed E-state index contributed by atoms with van der Waals surface area (Å²) in [7, 11) is 0. The highest BCUT2D eigenvalue weighted by Crippen LogP contribution is 2.38. The summed E-state index contributed by atoms with van der Waals surface area (Å²) in [5.74, 6) is -4.85. The predicted molar refractivity (Wildman–Crippen MR) is 88.1 cm³/mol. The zero-order chi connectivity index (χ0) is 19.0. The molecule has 8 heteroatoms. The maximum Gasteiger partial charge on any atom is 0.348 e. The van der Waals surface area contributed by atoms with E-state index >= 15 is 0 Å². The molecule has 0 aromatic heterocycles. The highest BCUT2D eigenvalue weighted by molar-refractivity contribution is 6.25. The van der Waals surface area contributed by atoms with Crippen molar-refractivity contribution in [1.82, 2.24) is 0 Å². The molecule has 1 aliphatic rings. The van der Waals surface area contributed by atoms with E-state index < -0.39 is 40.5 Å². The number of hydrogen-bond donors (Lipinski definition) is 5. The van der Waals surface area contributed by atoms with Gasteiger partial charge in [0, 0.05) is 0 Å². The first-order chi connectivity index (χ1) is 12.3. The largest absolute Gasteiger partial charge is 0.508 e. The number of rotatable bonds is 3. The summed E-state index contributed by atoms with van der Waals surface area (Å²) in [5.41, 5.74) is -0.700. The lowest BCUT2D eigenvalue weighted by Crippen LogP contribution is -2.06. The number of carboxylic acids is 1. The van der Waals surface area contributed by atoms with Gasteiger partial charge < -0.3 is 30.3 Å². The SMILES string of the molecule is O=C(O)C(=C1OC(=O)C(c2ccc(O)cc2)=C1O)c1ccc(O)c(O)c1. The van der Waals surface area contributed by atoms with Crippen LogP contribution in [0.3, 0.4) is 0 Å². The molecule has 0 aliphatic carbocycles. The zero-order valence-corrected chi connectivity index (χ0v) is 13.0. The highest BCUT2D eigenvalue weighted by Gasteiger charge is 2.36. The number of carbonyl (C=O) groups excluding carboxylic acids is 1. The molecule has 0 atom stereocenters. The lowest BCUT2D eigenvalue weighted by molar-refractivity contribution is -0.131. The second-order valence-corrected chi connectivity index (χ2v) is 5.37. The number of hydrogen-bond acceptors (Lipinski definition) is 7. The molecule has 26 heavy (non-hydrogen) atoms. The molecule has 0 saturated heterocycles. The summed E-state index contributed by atoms with van der Waals surface area (Å²) in [6.45, 7) is 0. The van der Waals surface area contributed by atoms with Crippen LogP contribution < -0.4 is 0 Å². The van der Waals surface area contributed by atoms with Gasteiger partial charge in [-0.3, -0.25) is 0 Å². The normalized spacial score (nSPS) is 15.8. The first-order valence-electron chi connectivity index (χ1n) is 7.24. The number of ether oxygens (including phenoxy) is 1. The van der Waals surface area contributed by atoms with Crippen LogP contribution in [-0.4, -0.2) is 37.5 Å². The molecular weight excluding hydrogens is 344 g/mol. The van der Waals surface area contributed by atoms with Crippen molar-refractivity contribution in [1.29, 1.82) is 0 Å². The third-order valence-electron chi connectivity index (χ3n) is 3.71. The minimum absolute atomic E-state index is 0.0539. The Hall–Kier alpha value is -3.94. The number of esters is 1. The number of carboxylic acid groups (broad SMARTS) is 1. The molecule has 1 heterocycles. The average Bonchev–Trinajstić information content (AvgIpc) is 2.86. The van der Waals surface area contributed by atoms with E-state index in [4.69, 9.17) is 4.74 Å². The van der Waals surface area contributed by atoms with Gasteiger partial charge in [-0.1, -0.05) is 18.2 Å². The number of aliphatic hydroxyl groups excluding tert-OH is 1. The summed E-state index contributed by atoms with van der Waals surface area (Å²) in [6, 6.07) is 8.51. The van der Waals surface area contributed by atoms with Crippen LogP contribution >= 0.6 is 0 Å². The smallest absolute Gasteiger partial charge is 0.348 e. The van der Waals surface area contributed by atoms with Crippen molar-refractivity contribution in [3.05, 3.63) is 65.1 Å². The minimum Gasteiger partial charge on any atom is -0.508 e. The van der Waals surface area contributed by atoms with E-state index in [2.05, 4.69) is 0 Å². The molecule has 0 spiro atoms. The maximum atomic E-state index is 12.1. The third kappa shape index (κ3) is 2.80. The Morgan fingerprint density at radius 1 is 0.885 bits per heavy atom. The van der Waals surface area contributed by atoms with E-state index in [-0.39, 0.29) is 22.4 Å². The van der Waals surface area contributed by atoms with Gasteiger partial charge >= 0.3 is 11.9 Å². The lowest BCUT2D eigenvalue weighted by atomic mass is 10.0. The Kier molecular flexibility index (Phi) is 4.01. The van der Waals surface area contributed by atoms with E-state index in [1.54, 1.807) is 0 Å². The fourth-order valence-corrected chi connectivity index (χ4v) is 2.49. The first kappa shape index (κ1) is 16.9. The van der Waals surface area contributed by atoms with Crippen molar-refractivity contribution in [3.63, 3.8) is 0 Å².